The average Bonchev–Trinajstić information content (AvgIpc) is 2.87. The highest BCUT2D eigenvalue weighted by atomic mass is 32.2. The van der Waals surface area contributed by atoms with Crippen molar-refractivity contribution in [2.45, 2.75) is 43.4 Å². The Balaban J connectivity index is 1.49. The first kappa shape index (κ1) is 26.5. The summed E-state index contributed by atoms with van der Waals surface area (Å²) in [4.78, 5) is 26.9. The van der Waals surface area contributed by atoms with Gasteiger partial charge in [0.25, 0.3) is 0 Å². The van der Waals surface area contributed by atoms with Gasteiger partial charge in [-0.2, -0.15) is 0 Å². The largest absolute Gasteiger partial charge is 0.497 e. The van der Waals surface area contributed by atoms with Crippen LogP contribution in [0.1, 0.15) is 37.9 Å². The number of nitrogens with zero attached hydrogens (tertiary/aromatic N) is 1. The summed E-state index contributed by atoms with van der Waals surface area (Å²) >= 11 is 1.57. The van der Waals surface area contributed by atoms with Crippen LogP contribution >= 0.6 is 11.8 Å². The first-order chi connectivity index (χ1) is 17.6. The van der Waals surface area contributed by atoms with E-state index in [9.17, 15) is 14.0 Å². The van der Waals surface area contributed by atoms with E-state index in [0.717, 1.165) is 16.9 Å². The maximum atomic E-state index is 13.5. The predicted molar refractivity (Wildman–Crippen MR) is 142 cm³/mol. The quantitative estimate of drug-likeness (QED) is 0.255. The molecule has 1 amide bonds. The van der Waals surface area contributed by atoms with E-state index >= 15 is 0 Å². The monoisotopic (exact) mass is 523 g/mol. The molecule has 6 nitrogen and oxygen atoms in total. The molecule has 8 heteroatoms. The molecule has 4 rings (SSSR count). The van der Waals surface area contributed by atoms with Crippen LogP contribution in [-0.4, -0.2) is 36.4 Å². The van der Waals surface area contributed by atoms with Crippen molar-refractivity contribution in [3.05, 3.63) is 89.7 Å². The van der Waals surface area contributed by atoms with Crippen LogP contribution in [0.5, 0.6) is 11.5 Å². The summed E-state index contributed by atoms with van der Waals surface area (Å²) < 4.78 is 29.6. The molecule has 1 heterocycles. The van der Waals surface area contributed by atoms with E-state index in [4.69, 9.17) is 14.2 Å². The van der Waals surface area contributed by atoms with Gasteiger partial charge in [0.05, 0.1) is 13.2 Å². The second-order valence-corrected chi connectivity index (χ2v) is 10.8. The Morgan fingerprint density at radius 2 is 1.57 bits per heavy atom. The van der Waals surface area contributed by atoms with Crippen LogP contribution in [0, 0.1) is 5.82 Å². The minimum atomic E-state index is -0.580. The molecule has 0 aromatic heterocycles. The van der Waals surface area contributed by atoms with Gasteiger partial charge in [-0.05, 0) is 80.4 Å². The second kappa shape index (κ2) is 11.3. The third-order valence-electron chi connectivity index (χ3n) is 5.74. The number of esters is 1. The van der Waals surface area contributed by atoms with Gasteiger partial charge in [-0.15, -0.1) is 11.8 Å². The Kier molecular flexibility index (Phi) is 8.07. The van der Waals surface area contributed by atoms with E-state index in [2.05, 4.69) is 0 Å². The zero-order chi connectivity index (χ0) is 26.6. The van der Waals surface area contributed by atoms with Crippen LogP contribution in [0.25, 0.3) is 0 Å². The number of β-lactam (4-membered cyclic amide) rings is 1. The van der Waals surface area contributed by atoms with Crippen LogP contribution in [0.15, 0.2) is 72.8 Å². The minimum absolute atomic E-state index is 0.0274. The van der Waals surface area contributed by atoms with Gasteiger partial charge in [-0.25, -0.2) is 9.18 Å². The highest BCUT2D eigenvalue weighted by Crippen LogP contribution is 2.46. The van der Waals surface area contributed by atoms with Crippen LogP contribution in [0.4, 0.5) is 10.1 Å². The number of carbonyl (C=O) groups excluding carboxylic acids is 2. The molecular weight excluding hydrogens is 493 g/mol. The zero-order valence-corrected chi connectivity index (χ0v) is 22.1. The lowest BCUT2D eigenvalue weighted by Crippen LogP contribution is -2.57. The molecule has 0 N–H and O–H groups in total. The number of hydrogen-bond acceptors (Lipinski definition) is 6. The first-order valence-corrected chi connectivity index (χ1v) is 13.0. The first-order valence-electron chi connectivity index (χ1n) is 11.9. The van der Waals surface area contributed by atoms with Crippen molar-refractivity contribution in [1.82, 2.24) is 0 Å². The molecule has 0 saturated carbocycles. The Bertz CT molecular complexity index is 1220. The van der Waals surface area contributed by atoms with Crippen molar-refractivity contribution in [1.29, 1.82) is 0 Å². The summed E-state index contributed by atoms with van der Waals surface area (Å²) in [6, 6.07) is 20.8. The number of carbonyl (C=O) groups is 2. The molecule has 0 radical (unpaired) electrons. The lowest BCUT2D eigenvalue weighted by Gasteiger charge is -2.47. The average molecular weight is 524 g/mol. The highest BCUT2D eigenvalue weighted by Gasteiger charge is 2.49. The summed E-state index contributed by atoms with van der Waals surface area (Å²) in [6.07, 6.45) is 0. The Morgan fingerprint density at radius 3 is 2.16 bits per heavy atom. The van der Waals surface area contributed by atoms with Gasteiger partial charge in [-0.3, -0.25) is 4.79 Å². The fourth-order valence-electron chi connectivity index (χ4n) is 4.02. The van der Waals surface area contributed by atoms with Gasteiger partial charge in [0.15, 0.2) is 6.61 Å². The molecule has 0 aliphatic carbocycles. The number of thioether (sulfide) groups is 1. The normalized spacial score (nSPS) is 17.2. The van der Waals surface area contributed by atoms with Gasteiger partial charge in [0.1, 0.15) is 28.2 Å². The molecule has 1 fully saturated rings. The smallest absolute Gasteiger partial charge is 0.344 e. The van der Waals surface area contributed by atoms with Crippen molar-refractivity contribution < 1.29 is 28.2 Å². The fourth-order valence-corrected chi connectivity index (χ4v) is 5.30. The van der Waals surface area contributed by atoms with Crippen molar-refractivity contribution in [2.24, 2.45) is 0 Å². The van der Waals surface area contributed by atoms with Gasteiger partial charge >= 0.3 is 5.97 Å². The molecule has 1 aliphatic rings. The zero-order valence-electron chi connectivity index (χ0n) is 21.3. The summed E-state index contributed by atoms with van der Waals surface area (Å²) in [7, 11) is 1.62. The van der Waals surface area contributed by atoms with E-state index in [1.165, 1.54) is 12.1 Å². The van der Waals surface area contributed by atoms with Crippen molar-refractivity contribution in [3.8, 4) is 11.5 Å². The van der Waals surface area contributed by atoms with Gasteiger partial charge < -0.3 is 19.1 Å². The van der Waals surface area contributed by atoms with Crippen LogP contribution in [0.2, 0.25) is 0 Å². The predicted octanol–water partition coefficient (Wildman–Crippen LogP) is 5.94. The maximum absolute atomic E-state index is 13.5. The van der Waals surface area contributed by atoms with Crippen molar-refractivity contribution in [3.63, 3.8) is 0 Å². The summed E-state index contributed by atoms with van der Waals surface area (Å²) in [5.74, 6) is 1.13. The van der Waals surface area contributed by atoms with E-state index in [1.54, 1.807) is 68.8 Å². The van der Waals surface area contributed by atoms with E-state index in [1.807, 2.05) is 36.4 Å². The summed E-state index contributed by atoms with van der Waals surface area (Å²) in [6.45, 7) is 5.21. The Hall–Kier alpha value is -3.52. The number of hydrogen-bond donors (Lipinski definition) is 0. The number of ether oxygens (including phenoxy) is 3. The number of halogens is 1. The molecule has 2 atom stereocenters. The third kappa shape index (κ3) is 6.63. The lowest BCUT2D eigenvalue weighted by atomic mass is 9.92. The molecule has 3 aromatic rings. The maximum Gasteiger partial charge on any atom is 0.344 e. The topological polar surface area (TPSA) is 65.1 Å². The Morgan fingerprint density at radius 1 is 0.946 bits per heavy atom. The number of amides is 1. The SMILES string of the molecule is COc1ccc(CSC2C(=O)N(c3ccc(F)cc3)C2c2ccc(OCC(=O)OC(C)(C)C)cc2)cc1. The fraction of sp³-hybridized carbons (Fsp3) is 0.310. The highest BCUT2D eigenvalue weighted by molar-refractivity contribution is 8.00. The minimum Gasteiger partial charge on any atom is -0.497 e. The second-order valence-electron chi connectivity index (χ2n) is 9.65. The Labute approximate surface area is 220 Å². The standard InChI is InChI=1S/C29H30FNO5S/c1-29(2,3)36-25(32)17-35-24-15-7-20(8-16-24)26-27(37-18-19-5-13-23(34-4)14-6-19)28(33)31(26)22-11-9-21(30)10-12-22/h5-16,26-27H,17-18H2,1-4H3. The van der Waals surface area contributed by atoms with Crippen LogP contribution in [-0.2, 0) is 20.1 Å². The molecule has 0 spiro atoms. The van der Waals surface area contributed by atoms with Crippen molar-refractivity contribution in [2.75, 3.05) is 18.6 Å². The molecule has 2 unspecified atom stereocenters. The van der Waals surface area contributed by atoms with Gasteiger partial charge in [0.2, 0.25) is 5.91 Å². The number of methoxy groups -OCH3 is 1. The molecule has 3 aromatic carbocycles. The molecular formula is C29H30FNO5S. The molecule has 194 valence electrons. The third-order valence-corrected chi connectivity index (χ3v) is 7.06. The molecule has 1 saturated heterocycles. The summed E-state index contributed by atoms with van der Waals surface area (Å²) in [5.41, 5.74) is 2.07. The molecule has 1 aliphatic heterocycles. The molecule has 0 bridgehead atoms. The van der Waals surface area contributed by atoms with Gasteiger partial charge in [0, 0.05) is 11.4 Å². The van der Waals surface area contributed by atoms with E-state index in [-0.39, 0.29) is 29.6 Å². The van der Waals surface area contributed by atoms with E-state index < -0.39 is 11.6 Å². The summed E-state index contributed by atoms with van der Waals surface area (Å²) in [5, 5.41) is -0.305. The van der Waals surface area contributed by atoms with E-state index in [0.29, 0.717) is 17.2 Å². The van der Waals surface area contributed by atoms with Crippen LogP contribution < -0.4 is 14.4 Å². The number of rotatable bonds is 9. The van der Waals surface area contributed by atoms with Crippen LogP contribution in [0.3, 0.4) is 0 Å². The number of anilines is 1. The van der Waals surface area contributed by atoms with Gasteiger partial charge in [-0.1, -0.05) is 24.3 Å². The molecule has 37 heavy (non-hydrogen) atoms. The number of benzene rings is 3. The van der Waals surface area contributed by atoms with Crippen molar-refractivity contribution >= 4 is 29.3 Å². The lowest BCUT2D eigenvalue weighted by molar-refractivity contribution is -0.157.